The van der Waals surface area contributed by atoms with Gasteiger partial charge < -0.3 is 5.73 Å². The maximum absolute atomic E-state index is 12.9. The summed E-state index contributed by atoms with van der Waals surface area (Å²) in [6.45, 7) is 1.50. The number of fused-ring (bicyclic) bond motifs is 3. The molecule has 168 valence electrons. The summed E-state index contributed by atoms with van der Waals surface area (Å²) in [5.74, 6) is 0. The Bertz CT molecular complexity index is 1070. The van der Waals surface area contributed by atoms with Crippen LogP contribution < -0.4 is 5.73 Å². The van der Waals surface area contributed by atoms with Crippen LogP contribution in [0.1, 0.15) is 36.1 Å². The first-order valence-corrected chi connectivity index (χ1v) is 11.7. The van der Waals surface area contributed by atoms with Crippen LogP contribution in [0.3, 0.4) is 0 Å². The van der Waals surface area contributed by atoms with E-state index < -0.39 is 12.7 Å². The van der Waals surface area contributed by atoms with Crippen LogP contribution in [0.4, 0.5) is 13.2 Å². The van der Waals surface area contributed by atoms with Crippen LogP contribution in [-0.2, 0) is 6.42 Å². The number of hydrogen-bond acceptors (Lipinski definition) is 3. The van der Waals surface area contributed by atoms with Crippen LogP contribution >= 0.6 is 11.8 Å². The van der Waals surface area contributed by atoms with Crippen LogP contribution in [0.5, 0.6) is 0 Å². The van der Waals surface area contributed by atoms with Crippen LogP contribution in [0.2, 0.25) is 0 Å². The van der Waals surface area contributed by atoms with Gasteiger partial charge >= 0.3 is 6.18 Å². The first kappa shape index (κ1) is 22.9. The van der Waals surface area contributed by atoms with Crippen LogP contribution in [-0.4, -0.2) is 30.7 Å². The fourth-order valence-corrected chi connectivity index (χ4v) is 5.46. The number of hydrogen-bond donors (Lipinski definition) is 1. The summed E-state index contributed by atoms with van der Waals surface area (Å²) < 4.78 is 38.7. The predicted molar refractivity (Wildman–Crippen MR) is 125 cm³/mol. The van der Waals surface area contributed by atoms with Gasteiger partial charge in [0, 0.05) is 22.4 Å². The molecule has 0 heterocycles. The average Bonchev–Trinajstić information content (AvgIpc) is 3.14. The van der Waals surface area contributed by atoms with E-state index in [4.69, 9.17) is 5.73 Å². The monoisotopic (exact) mass is 456 g/mol. The molecule has 0 radical (unpaired) electrons. The van der Waals surface area contributed by atoms with E-state index in [9.17, 15) is 13.2 Å². The zero-order valence-corrected chi connectivity index (χ0v) is 18.8. The predicted octanol–water partition coefficient (Wildman–Crippen LogP) is 6.68. The van der Waals surface area contributed by atoms with Crippen molar-refractivity contribution in [1.29, 1.82) is 0 Å². The van der Waals surface area contributed by atoms with Crippen LogP contribution in [0.25, 0.3) is 11.1 Å². The number of nitrogens with zero attached hydrogens (tertiary/aromatic N) is 1. The Balaban J connectivity index is 1.65. The topological polar surface area (TPSA) is 29.3 Å². The van der Waals surface area contributed by atoms with Crippen molar-refractivity contribution in [2.24, 2.45) is 5.73 Å². The third-order valence-electron chi connectivity index (χ3n) is 5.94. The Morgan fingerprint density at radius 3 is 2.41 bits per heavy atom. The molecule has 3 aromatic rings. The molecule has 2 nitrogen and oxygen atoms in total. The molecule has 0 bridgehead atoms. The highest BCUT2D eigenvalue weighted by atomic mass is 32.2. The third-order valence-corrected chi connectivity index (χ3v) is 7.02. The maximum atomic E-state index is 12.9. The lowest BCUT2D eigenvalue weighted by atomic mass is 9.94. The second-order valence-electron chi connectivity index (χ2n) is 8.13. The van der Waals surface area contributed by atoms with Crippen molar-refractivity contribution in [3.8, 4) is 11.1 Å². The summed E-state index contributed by atoms with van der Waals surface area (Å²) in [7, 11) is 0. The van der Waals surface area contributed by atoms with Crippen molar-refractivity contribution < 1.29 is 13.2 Å². The zero-order valence-electron chi connectivity index (χ0n) is 18.0. The molecular weight excluding hydrogens is 429 g/mol. The molecule has 0 saturated carbocycles. The molecule has 0 spiro atoms. The molecule has 0 aromatic heterocycles. The molecule has 1 atom stereocenters. The van der Waals surface area contributed by atoms with E-state index in [0.29, 0.717) is 19.5 Å². The Labute approximate surface area is 191 Å². The summed E-state index contributed by atoms with van der Waals surface area (Å²) in [6, 6.07) is 22.4. The van der Waals surface area contributed by atoms with Gasteiger partial charge in [0.25, 0.3) is 0 Å². The lowest BCUT2D eigenvalue weighted by Gasteiger charge is -2.25. The van der Waals surface area contributed by atoms with Crippen molar-refractivity contribution in [3.05, 3.63) is 83.4 Å². The Morgan fingerprint density at radius 1 is 0.969 bits per heavy atom. The summed E-state index contributed by atoms with van der Waals surface area (Å²) in [4.78, 5) is 3.61. The molecule has 0 amide bonds. The Morgan fingerprint density at radius 2 is 1.69 bits per heavy atom. The largest absolute Gasteiger partial charge is 0.401 e. The summed E-state index contributed by atoms with van der Waals surface area (Å²) in [6.07, 6.45) is -2.93. The number of nitrogens with two attached hydrogens (primary N) is 1. The van der Waals surface area contributed by atoms with Gasteiger partial charge in [-0.1, -0.05) is 67.2 Å². The van der Waals surface area contributed by atoms with E-state index in [1.807, 2.05) is 30.3 Å². The quantitative estimate of drug-likeness (QED) is 0.321. The van der Waals surface area contributed by atoms with Crippen molar-refractivity contribution in [3.63, 3.8) is 0 Å². The van der Waals surface area contributed by atoms with Gasteiger partial charge in [-0.3, -0.25) is 4.90 Å². The smallest absolute Gasteiger partial charge is 0.324 e. The molecule has 0 aliphatic heterocycles. The molecule has 4 rings (SSSR count). The highest BCUT2D eigenvalue weighted by Gasteiger charge is 2.31. The summed E-state index contributed by atoms with van der Waals surface area (Å²) >= 11 is 1.66. The lowest BCUT2D eigenvalue weighted by Crippen LogP contribution is -2.36. The van der Waals surface area contributed by atoms with Crippen LogP contribution in [0, 0.1) is 0 Å². The van der Waals surface area contributed by atoms with E-state index in [1.165, 1.54) is 27.2 Å². The molecule has 1 aliphatic rings. The molecule has 0 fully saturated rings. The molecule has 3 aromatic carbocycles. The summed E-state index contributed by atoms with van der Waals surface area (Å²) in [5, 5.41) is 0. The first-order valence-electron chi connectivity index (χ1n) is 10.9. The number of rotatable bonds is 8. The van der Waals surface area contributed by atoms with Gasteiger partial charge in [-0.25, -0.2) is 0 Å². The minimum absolute atomic E-state index is 0.309. The first-order chi connectivity index (χ1) is 15.4. The molecule has 1 aliphatic carbocycles. The highest BCUT2D eigenvalue weighted by Crippen LogP contribution is 2.45. The molecule has 0 unspecified atom stereocenters. The molecule has 2 N–H and O–H groups in total. The third kappa shape index (κ3) is 5.20. The Kier molecular flexibility index (Phi) is 6.93. The van der Waals surface area contributed by atoms with Gasteiger partial charge in [0.2, 0.25) is 0 Å². The molecular formula is C26H27F3N2S. The average molecular weight is 457 g/mol. The lowest BCUT2D eigenvalue weighted by molar-refractivity contribution is -0.145. The second-order valence-corrected chi connectivity index (χ2v) is 9.25. The zero-order chi connectivity index (χ0) is 22.7. The fraction of sp³-hybridized carbons (Fsp3) is 0.308. The van der Waals surface area contributed by atoms with Gasteiger partial charge in [0.05, 0.1) is 6.54 Å². The van der Waals surface area contributed by atoms with E-state index >= 15 is 0 Å². The highest BCUT2D eigenvalue weighted by molar-refractivity contribution is 7.99. The normalized spacial score (nSPS) is 13.8. The fourth-order valence-electron chi connectivity index (χ4n) is 4.39. The minimum atomic E-state index is -4.20. The number of alkyl halides is 3. The minimum Gasteiger partial charge on any atom is -0.324 e. The van der Waals surface area contributed by atoms with E-state index in [-0.39, 0.29) is 6.04 Å². The van der Waals surface area contributed by atoms with E-state index in [0.717, 1.165) is 21.8 Å². The van der Waals surface area contributed by atoms with Crippen molar-refractivity contribution >= 4 is 11.8 Å². The van der Waals surface area contributed by atoms with Gasteiger partial charge in [0.1, 0.15) is 0 Å². The standard InChI is InChI=1S/C26H27F3N2S/c1-2-31(17-26(27,28)29)15-14-23(30)25-22-16-18-8-6-7-11-20(18)21(22)12-13-24(25)32-19-9-4-3-5-10-19/h3-13,23H,2,14-17,30H2,1H3/t23-/m1/s1. The van der Waals surface area contributed by atoms with Crippen LogP contribution in [0.15, 0.2) is 76.5 Å². The number of halogens is 3. The molecule has 6 heteroatoms. The SMILES string of the molecule is CCN(CC[C@@H](N)c1c(Sc2ccccc2)ccc2c1Cc1ccccc1-2)CC(F)(F)F. The van der Waals surface area contributed by atoms with Gasteiger partial charge in [0.15, 0.2) is 0 Å². The Hall–Kier alpha value is -2.28. The number of benzene rings is 3. The second kappa shape index (κ2) is 9.69. The van der Waals surface area contributed by atoms with Crippen molar-refractivity contribution in [2.45, 2.75) is 41.8 Å². The van der Waals surface area contributed by atoms with Crippen molar-refractivity contribution in [1.82, 2.24) is 4.90 Å². The molecule has 0 saturated heterocycles. The van der Waals surface area contributed by atoms with Crippen molar-refractivity contribution in [2.75, 3.05) is 19.6 Å². The van der Waals surface area contributed by atoms with Gasteiger partial charge in [-0.05, 0) is 65.4 Å². The van der Waals surface area contributed by atoms with Gasteiger partial charge in [-0.2, -0.15) is 13.2 Å². The van der Waals surface area contributed by atoms with Gasteiger partial charge in [-0.15, -0.1) is 0 Å². The van der Waals surface area contributed by atoms with E-state index in [1.54, 1.807) is 18.7 Å². The van der Waals surface area contributed by atoms with E-state index in [2.05, 4.69) is 36.4 Å². The summed E-state index contributed by atoms with van der Waals surface area (Å²) in [5.41, 5.74) is 12.7. The molecule has 32 heavy (non-hydrogen) atoms. The maximum Gasteiger partial charge on any atom is 0.401 e.